The smallest absolute Gasteiger partial charge is 0.244 e. The fourth-order valence-corrected chi connectivity index (χ4v) is 3.35. The van der Waals surface area contributed by atoms with Gasteiger partial charge in [0.2, 0.25) is 16.0 Å². The van der Waals surface area contributed by atoms with Gasteiger partial charge in [-0.15, -0.1) is 0 Å². The van der Waals surface area contributed by atoms with Crippen molar-refractivity contribution in [1.29, 1.82) is 0 Å². The highest BCUT2D eigenvalue weighted by Gasteiger charge is 2.19. The number of nitrogens with zero attached hydrogens (tertiary/aromatic N) is 2. The van der Waals surface area contributed by atoms with Gasteiger partial charge in [0, 0.05) is 13.1 Å². The zero-order valence-corrected chi connectivity index (χ0v) is 12.1. The second kappa shape index (κ2) is 5.64. The molecule has 8 heteroatoms. The fourth-order valence-electron chi connectivity index (χ4n) is 1.47. The molecule has 2 heterocycles. The average molecular weight is 298 g/mol. The second-order valence-electron chi connectivity index (χ2n) is 3.89. The number of rotatable bonds is 5. The van der Waals surface area contributed by atoms with Crippen molar-refractivity contribution in [2.75, 3.05) is 12.4 Å². The van der Waals surface area contributed by atoms with Crippen LogP contribution in [0, 0.1) is 0 Å². The van der Waals surface area contributed by atoms with Crippen LogP contribution in [0.3, 0.4) is 0 Å². The minimum absolute atomic E-state index is 0.0496. The Morgan fingerprint density at radius 2 is 2.00 bits per heavy atom. The number of nitrogens with one attached hydrogen (secondary N) is 2. The highest BCUT2D eigenvalue weighted by atomic mass is 32.2. The van der Waals surface area contributed by atoms with Gasteiger partial charge >= 0.3 is 0 Å². The number of anilines is 1. The molecule has 2 N–H and O–H groups in total. The molecule has 0 aliphatic carbocycles. The molecule has 0 saturated heterocycles. The van der Waals surface area contributed by atoms with Gasteiger partial charge in [0.25, 0.3) is 0 Å². The first-order valence-electron chi connectivity index (χ1n) is 5.57. The molecular formula is C11H14N4O2S2. The first kappa shape index (κ1) is 13.9. The summed E-state index contributed by atoms with van der Waals surface area (Å²) in [5, 5.41) is 6.55. The van der Waals surface area contributed by atoms with Crippen LogP contribution in [0.15, 0.2) is 34.1 Å². The summed E-state index contributed by atoms with van der Waals surface area (Å²) in [4.78, 5) is 7.84. The van der Waals surface area contributed by atoms with E-state index in [0.717, 1.165) is 5.56 Å². The van der Waals surface area contributed by atoms with E-state index >= 15 is 0 Å². The Kier molecular flexibility index (Phi) is 4.13. The molecule has 1 atom stereocenters. The van der Waals surface area contributed by atoms with E-state index in [-0.39, 0.29) is 10.9 Å². The molecule has 6 nitrogen and oxygen atoms in total. The highest BCUT2D eigenvalue weighted by Crippen LogP contribution is 2.18. The Morgan fingerprint density at radius 1 is 1.32 bits per heavy atom. The Labute approximate surface area is 116 Å². The number of hydrogen-bond acceptors (Lipinski definition) is 6. The maximum absolute atomic E-state index is 12.1. The van der Waals surface area contributed by atoms with Crippen LogP contribution in [0.1, 0.15) is 18.5 Å². The van der Waals surface area contributed by atoms with Crippen molar-refractivity contribution in [2.45, 2.75) is 17.9 Å². The van der Waals surface area contributed by atoms with E-state index in [4.69, 9.17) is 0 Å². The van der Waals surface area contributed by atoms with E-state index in [0.29, 0.717) is 5.95 Å². The van der Waals surface area contributed by atoms with Crippen molar-refractivity contribution >= 4 is 27.3 Å². The minimum atomic E-state index is -3.61. The lowest BCUT2D eigenvalue weighted by Gasteiger charge is -2.12. The topological polar surface area (TPSA) is 84.0 Å². The summed E-state index contributed by atoms with van der Waals surface area (Å²) in [6.45, 7) is 1.79. The van der Waals surface area contributed by atoms with Gasteiger partial charge in [-0.1, -0.05) is 0 Å². The van der Waals surface area contributed by atoms with Crippen LogP contribution in [0.5, 0.6) is 0 Å². The van der Waals surface area contributed by atoms with Crippen molar-refractivity contribution in [1.82, 2.24) is 14.7 Å². The molecule has 1 unspecified atom stereocenters. The predicted octanol–water partition coefficient (Wildman–Crippen LogP) is 1.62. The van der Waals surface area contributed by atoms with E-state index in [9.17, 15) is 8.42 Å². The lowest BCUT2D eigenvalue weighted by Crippen LogP contribution is -2.26. The van der Waals surface area contributed by atoms with Crippen LogP contribution >= 0.6 is 11.3 Å². The minimum Gasteiger partial charge on any atom is -0.357 e. The van der Waals surface area contributed by atoms with Crippen LogP contribution in [0.2, 0.25) is 0 Å². The Hall–Kier alpha value is -1.51. The molecule has 2 rings (SSSR count). The van der Waals surface area contributed by atoms with Crippen LogP contribution in [-0.2, 0) is 10.0 Å². The molecule has 19 heavy (non-hydrogen) atoms. The molecule has 0 amide bonds. The van der Waals surface area contributed by atoms with E-state index in [2.05, 4.69) is 20.0 Å². The van der Waals surface area contributed by atoms with Gasteiger partial charge in [0.05, 0.1) is 12.4 Å². The summed E-state index contributed by atoms with van der Waals surface area (Å²) < 4.78 is 26.8. The summed E-state index contributed by atoms with van der Waals surface area (Å²) in [5.74, 6) is 0.379. The van der Waals surface area contributed by atoms with Gasteiger partial charge in [-0.25, -0.2) is 23.1 Å². The van der Waals surface area contributed by atoms with Crippen LogP contribution in [0.4, 0.5) is 5.95 Å². The third-order valence-electron chi connectivity index (χ3n) is 2.54. The molecule has 0 radical (unpaired) electrons. The molecular weight excluding hydrogens is 284 g/mol. The summed E-state index contributed by atoms with van der Waals surface area (Å²) in [7, 11) is -1.94. The van der Waals surface area contributed by atoms with E-state index in [1.165, 1.54) is 23.7 Å². The Bertz CT molecular complexity index is 623. The predicted molar refractivity (Wildman–Crippen MR) is 74.6 cm³/mol. The van der Waals surface area contributed by atoms with Gasteiger partial charge < -0.3 is 5.32 Å². The van der Waals surface area contributed by atoms with Crippen LogP contribution in [0.25, 0.3) is 0 Å². The number of thiophene rings is 1. The zero-order valence-electron chi connectivity index (χ0n) is 10.5. The number of aromatic nitrogens is 2. The molecule has 0 aliphatic heterocycles. The summed E-state index contributed by atoms with van der Waals surface area (Å²) in [5.41, 5.74) is 0.932. The standard InChI is InChI=1S/C11H14N4O2S2/c1-8(9-3-4-18-7-9)15-19(16,17)10-5-13-11(12-2)14-6-10/h3-8,15H,1-2H3,(H,12,13,14). The summed E-state index contributed by atoms with van der Waals surface area (Å²) in [6.07, 6.45) is 2.56. The second-order valence-corrected chi connectivity index (χ2v) is 6.39. The van der Waals surface area contributed by atoms with Crippen LogP contribution < -0.4 is 10.0 Å². The molecule has 102 valence electrons. The number of sulfonamides is 1. The lowest BCUT2D eigenvalue weighted by atomic mass is 10.2. The van der Waals surface area contributed by atoms with Crippen molar-refractivity contribution in [3.8, 4) is 0 Å². The first-order chi connectivity index (χ1) is 9.03. The third kappa shape index (κ3) is 3.28. The molecule has 0 aromatic carbocycles. The summed E-state index contributed by atoms with van der Waals surface area (Å²) >= 11 is 1.53. The third-order valence-corrected chi connectivity index (χ3v) is 4.73. The van der Waals surface area contributed by atoms with Gasteiger partial charge in [0.1, 0.15) is 4.90 Å². The van der Waals surface area contributed by atoms with E-state index in [1.807, 2.05) is 16.8 Å². The van der Waals surface area contributed by atoms with Crippen molar-refractivity contribution in [3.63, 3.8) is 0 Å². The van der Waals surface area contributed by atoms with Gasteiger partial charge in [-0.05, 0) is 29.3 Å². The highest BCUT2D eigenvalue weighted by molar-refractivity contribution is 7.89. The van der Waals surface area contributed by atoms with Gasteiger partial charge in [0.15, 0.2) is 0 Å². The summed E-state index contributed by atoms with van der Waals surface area (Å²) in [6, 6.07) is 1.60. The molecule has 0 saturated carbocycles. The van der Waals surface area contributed by atoms with Crippen LogP contribution in [-0.4, -0.2) is 25.4 Å². The Morgan fingerprint density at radius 3 is 2.53 bits per heavy atom. The molecule has 0 fully saturated rings. The monoisotopic (exact) mass is 298 g/mol. The van der Waals surface area contributed by atoms with Crippen molar-refractivity contribution in [3.05, 3.63) is 34.8 Å². The Balaban J connectivity index is 2.17. The largest absolute Gasteiger partial charge is 0.357 e. The van der Waals surface area contributed by atoms with Gasteiger partial charge in [-0.2, -0.15) is 11.3 Å². The molecule has 2 aromatic heterocycles. The quantitative estimate of drug-likeness (QED) is 0.876. The average Bonchev–Trinajstić information content (AvgIpc) is 2.92. The van der Waals surface area contributed by atoms with E-state index in [1.54, 1.807) is 14.0 Å². The SMILES string of the molecule is CNc1ncc(S(=O)(=O)NC(C)c2ccsc2)cn1. The first-order valence-corrected chi connectivity index (χ1v) is 8.00. The van der Waals surface area contributed by atoms with Crippen molar-refractivity contribution < 1.29 is 8.42 Å². The zero-order chi connectivity index (χ0) is 13.9. The number of hydrogen-bond donors (Lipinski definition) is 2. The van der Waals surface area contributed by atoms with Crippen molar-refractivity contribution in [2.24, 2.45) is 0 Å². The maximum atomic E-state index is 12.1. The van der Waals surface area contributed by atoms with E-state index < -0.39 is 10.0 Å². The molecule has 0 spiro atoms. The molecule has 0 aliphatic rings. The van der Waals surface area contributed by atoms with Gasteiger partial charge in [-0.3, -0.25) is 0 Å². The fraction of sp³-hybridized carbons (Fsp3) is 0.273. The maximum Gasteiger partial charge on any atom is 0.244 e. The normalized spacial score (nSPS) is 13.2. The molecule has 2 aromatic rings. The molecule has 0 bridgehead atoms. The lowest BCUT2D eigenvalue weighted by molar-refractivity contribution is 0.566.